The molecule has 1 aliphatic heterocycles. The Morgan fingerprint density at radius 2 is 2.05 bits per heavy atom. The zero-order chi connectivity index (χ0) is 15.4. The van der Waals surface area contributed by atoms with Crippen LogP contribution in [0.5, 0.6) is 0 Å². The highest BCUT2D eigenvalue weighted by atomic mass is 79.9. The summed E-state index contributed by atoms with van der Waals surface area (Å²) in [6, 6.07) is 5.85. The summed E-state index contributed by atoms with van der Waals surface area (Å²) in [5.74, 6) is -0.530. The largest absolute Gasteiger partial charge is 0.331 e. The second-order valence-electron chi connectivity index (χ2n) is 5.31. The first kappa shape index (κ1) is 13.5. The first-order valence-electron chi connectivity index (χ1n) is 6.89. The van der Waals surface area contributed by atoms with Gasteiger partial charge in [0.25, 0.3) is 5.56 Å². The number of hydrogen-bond acceptors (Lipinski definition) is 2. The fourth-order valence-corrected chi connectivity index (χ4v) is 3.41. The van der Waals surface area contributed by atoms with E-state index in [1.807, 2.05) is 0 Å². The molecule has 0 radical (unpaired) electrons. The Bertz CT molecular complexity index is 1030. The van der Waals surface area contributed by atoms with Gasteiger partial charge in [0.2, 0.25) is 0 Å². The van der Waals surface area contributed by atoms with E-state index in [2.05, 4.69) is 20.9 Å². The van der Waals surface area contributed by atoms with Crippen molar-refractivity contribution in [1.82, 2.24) is 14.1 Å². The highest BCUT2D eigenvalue weighted by Gasteiger charge is 2.21. The van der Waals surface area contributed by atoms with Crippen LogP contribution in [0.15, 0.2) is 38.3 Å². The lowest BCUT2D eigenvalue weighted by Gasteiger charge is -2.07. The van der Waals surface area contributed by atoms with Crippen molar-refractivity contribution in [3.63, 3.8) is 0 Å². The summed E-state index contributed by atoms with van der Waals surface area (Å²) < 4.78 is 17.7. The molecule has 0 fully saturated rings. The minimum absolute atomic E-state index is 0.127. The van der Waals surface area contributed by atoms with Gasteiger partial charge in [0, 0.05) is 22.8 Å². The Morgan fingerprint density at radius 3 is 2.82 bits per heavy atom. The number of benzene rings is 1. The van der Waals surface area contributed by atoms with Crippen molar-refractivity contribution >= 4 is 27.0 Å². The molecule has 0 bridgehead atoms. The standard InChI is InChI=1S/C15H11BrFN3O2/c16-8-3-4-10(9(17)6-8)20-12-7-13(21)19-5-1-2-11(19)14(12)18-15(20)22/h3-4,6-7H,1-2,5H2,(H,18,22). The second kappa shape index (κ2) is 4.67. The molecule has 0 spiro atoms. The number of halogens is 2. The molecule has 3 aromatic rings. The molecular weight excluding hydrogens is 353 g/mol. The predicted molar refractivity (Wildman–Crippen MR) is 84.1 cm³/mol. The van der Waals surface area contributed by atoms with Gasteiger partial charge in [0.1, 0.15) is 5.82 Å². The van der Waals surface area contributed by atoms with E-state index in [1.54, 1.807) is 10.6 Å². The van der Waals surface area contributed by atoms with Crippen LogP contribution in [0.2, 0.25) is 0 Å². The molecule has 22 heavy (non-hydrogen) atoms. The normalized spacial score (nSPS) is 13.7. The van der Waals surface area contributed by atoms with Crippen LogP contribution in [-0.4, -0.2) is 14.1 Å². The average molecular weight is 364 g/mol. The van der Waals surface area contributed by atoms with Crippen molar-refractivity contribution in [2.75, 3.05) is 0 Å². The van der Waals surface area contributed by atoms with E-state index in [4.69, 9.17) is 0 Å². The van der Waals surface area contributed by atoms with Gasteiger partial charge in [-0.3, -0.25) is 9.36 Å². The number of rotatable bonds is 1. The first-order chi connectivity index (χ1) is 10.6. The van der Waals surface area contributed by atoms with E-state index in [1.165, 1.54) is 22.8 Å². The van der Waals surface area contributed by atoms with Gasteiger partial charge in [0.15, 0.2) is 0 Å². The summed E-state index contributed by atoms with van der Waals surface area (Å²) in [4.78, 5) is 27.3. The number of hydrogen-bond donors (Lipinski definition) is 1. The molecule has 3 heterocycles. The Labute approximate surface area is 132 Å². The SMILES string of the molecule is O=c1cc2c([nH]c(=O)n2-c2ccc(Br)cc2F)c2n1CCC2. The van der Waals surface area contributed by atoms with E-state index in [0.717, 1.165) is 18.5 Å². The maximum Gasteiger partial charge on any atom is 0.331 e. The predicted octanol–water partition coefficient (Wildman–Crippen LogP) is 2.33. The van der Waals surface area contributed by atoms with Gasteiger partial charge in [-0.2, -0.15) is 0 Å². The molecule has 1 N–H and O–H groups in total. The van der Waals surface area contributed by atoms with Crippen LogP contribution < -0.4 is 11.2 Å². The van der Waals surface area contributed by atoms with Gasteiger partial charge in [-0.05, 0) is 31.0 Å². The van der Waals surface area contributed by atoms with Crippen molar-refractivity contribution in [1.29, 1.82) is 0 Å². The van der Waals surface area contributed by atoms with Crippen molar-refractivity contribution in [3.8, 4) is 5.69 Å². The van der Waals surface area contributed by atoms with E-state index in [9.17, 15) is 14.0 Å². The Hall–Kier alpha value is -2.15. The monoisotopic (exact) mass is 363 g/mol. The molecule has 1 aromatic carbocycles. The number of pyridine rings is 1. The Kier molecular flexibility index (Phi) is 2.87. The van der Waals surface area contributed by atoms with Crippen LogP contribution >= 0.6 is 15.9 Å². The molecule has 0 saturated carbocycles. The minimum atomic E-state index is -0.530. The topological polar surface area (TPSA) is 59.8 Å². The summed E-state index contributed by atoms with van der Waals surface area (Å²) in [5, 5.41) is 0. The molecule has 0 atom stereocenters. The zero-order valence-electron chi connectivity index (χ0n) is 11.4. The third-order valence-electron chi connectivity index (χ3n) is 4.02. The number of aryl methyl sites for hydroxylation is 1. The maximum atomic E-state index is 14.2. The number of fused-ring (bicyclic) bond motifs is 3. The van der Waals surface area contributed by atoms with Crippen molar-refractivity contribution in [2.24, 2.45) is 0 Å². The fraction of sp³-hybridized carbons (Fsp3) is 0.200. The molecule has 0 saturated heterocycles. The molecule has 0 amide bonds. The molecule has 0 aliphatic carbocycles. The minimum Gasteiger partial charge on any atom is -0.310 e. The number of aromatic nitrogens is 3. The van der Waals surface area contributed by atoms with Gasteiger partial charge in [-0.25, -0.2) is 9.18 Å². The Balaban J connectivity index is 2.11. The van der Waals surface area contributed by atoms with Gasteiger partial charge < -0.3 is 9.55 Å². The molecule has 5 nitrogen and oxygen atoms in total. The highest BCUT2D eigenvalue weighted by molar-refractivity contribution is 9.10. The van der Waals surface area contributed by atoms with Gasteiger partial charge in [0.05, 0.1) is 16.7 Å². The Morgan fingerprint density at radius 1 is 1.23 bits per heavy atom. The fourth-order valence-electron chi connectivity index (χ4n) is 3.08. The lowest BCUT2D eigenvalue weighted by Crippen LogP contribution is -2.19. The van der Waals surface area contributed by atoms with E-state index in [-0.39, 0.29) is 11.2 Å². The first-order valence-corrected chi connectivity index (χ1v) is 7.68. The van der Waals surface area contributed by atoms with Crippen LogP contribution in [0.25, 0.3) is 16.7 Å². The van der Waals surface area contributed by atoms with Gasteiger partial charge in [-0.1, -0.05) is 15.9 Å². The average Bonchev–Trinajstić information content (AvgIpc) is 3.05. The van der Waals surface area contributed by atoms with E-state index >= 15 is 0 Å². The maximum absolute atomic E-state index is 14.2. The van der Waals surface area contributed by atoms with Crippen LogP contribution in [0, 0.1) is 5.82 Å². The number of imidazole rings is 1. The molecule has 2 aromatic heterocycles. The van der Waals surface area contributed by atoms with E-state index in [0.29, 0.717) is 22.1 Å². The van der Waals surface area contributed by atoms with Crippen LogP contribution in [0.4, 0.5) is 4.39 Å². The van der Waals surface area contributed by atoms with E-state index < -0.39 is 11.5 Å². The highest BCUT2D eigenvalue weighted by Crippen LogP contribution is 2.24. The molecule has 0 unspecified atom stereocenters. The smallest absolute Gasteiger partial charge is 0.310 e. The van der Waals surface area contributed by atoms with Crippen molar-refractivity contribution in [2.45, 2.75) is 19.4 Å². The molecular formula is C15H11BrFN3O2. The lowest BCUT2D eigenvalue weighted by molar-refractivity contribution is 0.617. The number of aromatic amines is 1. The molecule has 1 aliphatic rings. The second-order valence-corrected chi connectivity index (χ2v) is 6.22. The summed E-state index contributed by atoms with van der Waals surface area (Å²) in [5.41, 5.74) is 1.37. The third kappa shape index (κ3) is 1.81. The van der Waals surface area contributed by atoms with Crippen LogP contribution in [0.1, 0.15) is 12.1 Å². The molecule has 7 heteroatoms. The van der Waals surface area contributed by atoms with Crippen molar-refractivity contribution in [3.05, 3.63) is 61.1 Å². The number of nitrogens with one attached hydrogen (secondary N) is 1. The number of nitrogens with zero attached hydrogens (tertiary/aromatic N) is 2. The van der Waals surface area contributed by atoms with Gasteiger partial charge >= 0.3 is 5.69 Å². The van der Waals surface area contributed by atoms with Crippen LogP contribution in [0.3, 0.4) is 0 Å². The lowest BCUT2D eigenvalue weighted by atomic mass is 10.2. The summed E-state index contributed by atoms with van der Waals surface area (Å²) in [6.45, 7) is 0.657. The molecule has 112 valence electrons. The number of H-pyrrole nitrogens is 1. The molecule has 4 rings (SSSR count). The summed E-state index contributed by atoms with van der Waals surface area (Å²) in [7, 11) is 0. The van der Waals surface area contributed by atoms with Crippen molar-refractivity contribution < 1.29 is 4.39 Å². The third-order valence-corrected chi connectivity index (χ3v) is 4.51. The van der Waals surface area contributed by atoms with Crippen LogP contribution in [-0.2, 0) is 13.0 Å². The summed E-state index contributed by atoms with van der Waals surface area (Å²) in [6.07, 6.45) is 1.60. The summed E-state index contributed by atoms with van der Waals surface area (Å²) >= 11 is 3.19. The zero-order valence-corrected chi connectivity index (χ0v) is 13.0. The van der Waals surface area contributed by atoms with Gasteiger partial charge in [-0.15, -0.1) is 0 Å². The quantitative estimate of drug-likeness (QED) is 0.721.